The second-order valence-corrected chi connectivity index (χ2v) is 5.34. The van der Waals surface area contributed by atoms with Crippen LogP contribution in [0.5, 0.6) is 0 Å². The van der Waals surface area contributed by atoms with E-state index in [2.05, 4.69) is 39.0 Å². The molecule has 2 atom stereocenters. The number of allylic oxidation sites excluding steroid dienone is 6. The van der Waals surface area contributed by atoms with Gasteiger partial charge in [-0.2, -0.15) is 0 Å². The average Bonchev–Trinajstić information content (AvgIpc) is 2.15. The monoisotopic (exact) mass is 202 g/mol. The fraction of sp³-hybridized carbons (Fsp3) is 0.429. The van der Waals surface area contributed by atoms with E-state index in [1.807, 2.05) is 18.2 Å². The Hall–Kier alpha value is -1.08. The molecule has 2 aliphatic rings. The highest BCUT2D eigenvalue weighted by molar-refractivity contribution is 5.53. The molecule has 0 bridgehead atoms. The first-order valence-corrected chi connectivity index (χ1v) is 5.45. The van der Waals surface area contributed by atoms with E-state index in [1.165, 1.54) is 5.57 Å². The van der Waals surface area contributed by atoms with Gasteiger partial charge in [-0.3, -0.25) is 0 Å². The summed E-state index contributed by atoms with van der Waals surface area (Å²) in [5.74, 6) is 0.476. The fourth-order valence-electron chi connectivity index (χ4n) is 1.93. The average molecular weight is 202 g/mol. The lowest BCUT2D eigenvalue weighted by Gasteiger charge is -2.29. The van der Waals surface area contributed by atoms with Crippen molar-refractivity contribution in [3.05, 3.63) is 47.6 Å². The predicted molar refractivity (Wildman–Crippen MR) is 63.4 cm³/mol. The summed E-state index contributed by atoms with van der Waals surface area (Å²) in [5.41, 5.74) is 2.65. The molecule has 80 valence electrons. The van der Waals surface area contributed by atoms with Crippen LogP contribution in [0.2, 0.25) is 0 Å². The van der Waals surface area contributed by atoms with Gasteiger partial charge in [0.15, 0.2) is 0 Å². The van der Waals surface area contributed by atoms with E-state index in [0.717, 1.165) is 5.57 Å². The van der Waals surface area contributed by atoms with Gasteiger partial charge in [-0.15, -0.1) is 0 Å². The topological polar surface area (TPSA) is 20.2 Å². The Morgan fingerprint density at radius 1 is 1.00 bits per heavy atom. The molecule has 0 aromatic rings. The Kier molecular flexibility index (Phi) is 2.43. The van der Waals surface area contributed by atoms with Crippen LogP contribution in [0.25, 0.3) is 0 Å². The lowest BCUT2D eigenvalue weighted by Crippen LogP contribution is -2.19. The molecule has 0 saturated heterocycles. The highest BCUT2D eigenvalue weighted by Crippen LogP contribution is 2.35. The first kappa shape index (κ1) is 10.4. The van der Waals surface area contributed by atoms with Crippen molar-refractivity contribution in [1.29, 1.82) is 0 Å². The van der Waals surface area contributed by atoms with Gasteiger partial charge in [0.05, 0.1) is 6.10 Å². The smallest absolute Gasteiger partial charge is 0.0914 e. The molecule has 0 aromatic heterocycles. The summed E-state index contributed by atoms with van der Waals surface area (Å²) < 4.78 is 0. The summed E-state index contributed by atoms with van der Waals surface area (Å²) in [6, 6.07) is 0. The molecule has 1 nitrogen and oxygen atoms in total. The Morgan fingerprint density at radius 3 is 2.27 bits per heavy atom. The van der Waals surface area contributed by atoms with Crippen molar-refractivity contribution in [3.63, 3.8) is 0 Å². The van der Waals surface area contributed by atoms with Crippen LogP contribution in [0.3, 0.4) is 0 Å². The number of aliphatic hydroxyl groups excluding tert-OH is 1. The van der Waals surface area contributed by atoms with E-state index in [9.17, 15) is 5.11 Å². The van der Waals surface area contributed by atoms with E-state index in [1.54, 1.807) is 0 Å². The summed E-state index contributed by atoms with van der Waals surface area (Å²) in [6.07, 6.45) is 11.9. The third-order valence-electron chi connectivity index (χ3n) is 3.00. The number of hydrogen-bond acceptors (Lipinski definition) is 1. The van der Waals surface area contributed by atoms with Crippen LogP contribution in [0.15, 0.2) is 47.6 Å². The SMILES string of the molecule is CC(C)(C)[C@@H]1C=CC2=C[C@@H](O)C=CC2=C1. The van der Waals surface area contributed by atoms with Crippen LogP contribution in [-0.4, -0.2) is 11.2 Å². The van der Waals surface area contributed by atoms with Crippen LogP contribution >= 0.6 is 0 Å². The fourth-order valence-corrected chi connectivity index (χ4v) is 1.93. The zero-order valence-electron chi connectivity index (χ0n) is 9.57. The summed E-state index contributed by atoms with van der Waals surface area (Å²) in [5, 5.41) is 9.45. The zero-order valence-corrected chi connectivity index (χ0v) is 9.57. The molecule has 0 amide bonds. The second-order valence-electron chi connectivity index (χ2n) is 5.34. The van der Waals surface area contributed by atoms with E-state index in [0.29, 0.717) is 5.92 Å². The maximum Gasteiger partial charge on any atom is 0.0914 e. The molecular weight excluding hydrogens is 184 g/mol. The first-order chi connectivity index (χ1) is 6.97. The molecule has 0 unspecified atom stereocenters. The zero-order chi connectivity index (χ0) is 11.1. The molecule has 0 heterocycles. The van der Waals surface area contributed by atoms with Gasteiger partial charge in [-0.05, 0) is 22.6 Å². The molecular formula is C14H18O. The summed E-state index contributed by atoms with van der Waals surface area (Å²) in [4.78, 5) is 0. The minimum absolute atomic E-state index is 0.263. The highest BCUT2D eigenvalue weighted by Gasteiger charge is 2.24. The third kappa shape index (κ3) is 2.13. The van der Waals surface area contributed by atoms with Gasteiger partial charge in [-0.25, -0.2) is 0 Å². The highest BCUT2D eigenvalue weighted by atomic mass is 16.3. The molecule has 1 N–H and O–H groups in total. The van der Waals surface area contributed by atoms with Crippen molar-refractivity contribution in [3.8, 4) is 0 Å². The molecule has 0 saturated carbocycles. The van der Waals surface area contributed by atoms with Gasteiger partial charge < -0.3 is 5.11 Å². The maximum absolute atomic E-state index is 9.45. The molecule has 0 spiro atoms. The Balaban J connectivity index is 2.30. The molecule has 0 fully saturated rings. The Labute approximate surface area is 91.5 Å². The summed E-state index contributed by atoms with van der Waals surface area (Å²) in [7, 11) is 0. The lowest BCUT2D eigenvalue weighted by molar-refractivity contribution is 0.270. The van der Waals surface area contributed by atoms with Crippen LogP contribution in [0.4, 0.5) is 0 Å². The molecule has 1 heteroatoms. The largest absolute Gasteiger partial charge is 0.385 e. The van der Waals surface area contributed by atoms with Gasteiger partial charge in [-0.1, -0.05) is 51.2 Å². The molecule has 2 aliphatic carbocycles. The number of rotatable bonds is 0. The summed E-state index contributed by atoms with van der Waals surface area (Å²) in [6.45, 7) is 6.74. The molecule has 15 heavy (non-hydrogen) atoms. The van der Waals surface area contributed by atoms with Crippen molar-refractivity contribution in [2.75, 3.05) is 0 Å². The van der Waals surface area contributed by atoms with Crippen molar-refractivity contribution in [1.82, 2.24) is 0 Å². The van der Waals surface area contributed by atoms with Gasteiger partial charge in [0.1, 0.15) is 0 Å². The quantitative estimate of drug-likeness (QED) is 0.640. The minimum atomic E-state index is -0.423. The van der Waals surface area contributed by atoms with Crippen LogP contribution in [0, 0.1) is 11.3 Å². The predicted octanol–water partition coefficient (Wildman–Crippen LogP) is 3.00. The molecule has 0 radical (unpaired) electrons. The molecule has 0 aromatic carbocycles. The van der Waals surface area contributed by atoms with E-state index in [4.69, 9.17) is 0 Å². The second kappa shape index (κ2) is 3.49. The Bertz CT molecular complexity index is 375. The van der Waals surface area contributed by atoms with Crippen molar-refractivity contribution in [2.24, 2.45) is 11.3 Å². The standard InChI is InChI=1S/C14H18O/c1-14(2,3)12-6-4-11-9-13(15)7-5-10(11)8-12/h4-9,12-13,15H,1-3H3/t12-,13+/m1/s1. The van der Waals surface area contributed by atoms with E-state index >= 15 is 0 Å². The van der Waals surface area contributed by atoms with Crippen molar-refractivity contribution >= 4 is 0 Å². The van der Waals surface area contributed by atoms with Gasteiger partial charge in [0.2, 0.25) is 0 Å². The van der Waals surface area contributed by atoms with Gasteiger partial charge >= 0.3 is 0 Å². The van der Waals surface area contributed by atoms with Crippen molar-refractivity contribution < 1.29 is 5.11 Å². The normalized spacial score (nSPS) is 29.6. The third-order valence-corrected chi connectivity index (χ3v) is 3.00. The van der Waals surface area contributed by atoms with Gasteiger partial charge in [0.25, 0.3) is 0 Å². The number of hydrogen-bond donors (Lipinski definition) is 1. The first-order valence-electron chi connectivity index (χ1n) is 5.45. The van der Waals surface area contributed by atoms with Crippen molar-refractivity contribution in [2.45, 2.75) is 26.9 Å². The number of aliphatic hydroxyl groups is 1. The van der Waals surface area contributed by atoms with Crippen LogP contribution in [-0.2, 0) is 0 Å². The summed E-state index contributed by atoms with van der Waals surface area (Å²) >= 11 is 0. The minimum Gasteiger partial charge on any atom is -0.385 e. The maximum atomic E-state index is 9.45. The molecule has 2 rings (SSSR count). The van der Waals surface area contributed by atoms with E-state index in [-0.39, 0.29) is 5.41 Å². The van der Waals surface area contributed by atoms with E-state index < -0.39 is 6.10 Å². The van der Waals surface area contributed by atoms with Crippen LogP contribution in [0.1, 0.15) is 20.8 Å². The Morgan fingerprint density at radius 2 is 1.60 bits per heavy atom. The lowest BCUT2D eigenvalue weighted by atomic mass is 9.76. The van der Waals surface area contributed by atoms with Crippen LogP contribution < -0.4 is 0 Å². The molecule has 0 aliphatic heterocycles. The number of fused-ring (bicyclic) bond motifs is 1. The van der Waals surface area contributed by atoms with Gasteiger partial charge in [0, 0.05) is 5.92 Å².